The van der Waals surface area contributed by atoms with Crippen molar-refractivity contribution in [3.8, 4) is 33.9 Å². The average Bonchev–Trinajstić information content (AvgIpc) is 3.87. The van der Waals surface area contributed by atoms with Crippen molar-refractivity contribution >= 4 is 73.0 Å². The molecular weight excluding hydrogens is 944 g/mol. The van der Waals surface area contributed by atoms with Gasteiger partial charge in [0.15, 0.2) is 11.0 Å². The minimum Gasteiger partial charge on any atom is -0.311 e. The molecule has 0 fully saturated rings. The summed E-state index contributed by atoms with van der Waals surface area (Å²) in [6, 6.07) is 57.6. The Labute approximate surface area is 465 Å². The van der Waals surface area contributed by atoms with E-state index in [0.717, 1.165) is 0 Å². The van der Waals surface area contributed by atoms with E-state index in [9.17, 15) is 0 Å². The summed E-state index contributed by atoms with van der Waals surface area (Å²) >= 11 is 0. The molecule has 8 aromatic carbocycles. The fraction of sp³-hybridized carbons (Fsp3) is 0.329. The van der Waals surface area contributed by atoms with Gasteiger partial charge in [-0.2, -0.15) is 4.57 Å². The van der Waals surface area contributed by atoms with Gasteiger partial charge in [0.2, 0.25) is 0 Å². The Morgan fingerprint density at radius 1 is 0.462 bits per heavy atom. The highest BCUT2D eigenvalue weighted by atomic mass is 15.2. The van der Waals surface area contributed by atoms with Crippen LogP contribution in [0.25, 0.3) is 66.7 Å². The largest absolute Gasteiger partial charge is 0.311 e. The number of rotatable bonds is 6. The number of imidazole rings is 1. The lowest BCUT2D eigenvalue weighted by Crippen LogP contribution is -2.60. The number of fused-ring (bicyclic) bond motifs is 8. The quantitative estimate of drug-likeness (QED) is 0.120. The highest BCUT2D eigenvalue weighted by Crippen LogP contribution is 2.47. The molecular formula is C73H80BN4+. The zero-order chi connectivity index (χ0) is 55.4. The van der Waals surface area contributed by atoms with E-state index >= 15 is 0 Å². The molecule has 2 aliphatic rings. The van der Waals surface area contributed by atoms with Crippen molar-refractivity contribution in [1.82, 2.24) is 9.13 Å². The minimum atomic E-state index is -0.0714. The van der Waals surface area contributed by atoms with Gasteiger partial charge in [0.25, 0.3) is 12.5 Å². The number of hydrogen-bond acceptors (Lipinski definition) is 1. The summed E-state index contributed by atoms with van der Waals surface area (Å²) in [6.07, 6.45) is 0. The van der Waals surface area contributed by atoms with Gasteiger partial charge in [0, 0.05) is 50.2 Å². The van der Waals surface area contributed by atoms with Crippen molar-refractivity contribution in [3.05, 3.63) is 185 Å². The Hall–Kier alpha value is -7.11. The predicted molar refractivity (Wildman–Crippen MR) is 337 cm³/mol. The van der Waals surface area contributed by atoms with E-state index in [1.54, 1.807) is 0 Å². The molecule has 78 heavy (non-hydrogen) atoms. The van der Waals surface area contributed by atoms with Crippen molar-refractivity contribution in [2.24, 2.45) is 7.05 Å². The zero-order valence-electron chi connectivity index (χ0n) is 49.9. The molecule has 12 rings (SSSR count). The van der Waals surface area contributed by atoms with E-state index in [-0.39, 0.29) is 28.4 Å². The van der Waals surface area contributed by atoms with Gasteiger partial charge in [0.05, 0.1) is 18.1 Å². The standard InChI is InChI=1S/C73H80BN4/c1-43(2)53-22-21-23-54(44(3)4)67(53)78-63-25-20-19-24-62(63)75(18)69(78)55-36-46(27-26-45(55)5)47-37-64-66-65(38-47)77-60-34-30-49(71(9,10)11)39-56(60)57-40-51(73(15,16)17)42-59(68(57)77)74(66)58-41-50(72(12,13)14)31-35-61(58)76(64)52-32-28-48(29-33-52)70(6,7)8/h19-44H,1-18H3/q+1. The monoisotopic (exact) mass is 1020 g/mol. The molecule has 0 radical (unpaired) electrons. The lowest BCUT2D eigenvalue weighted by Gasteiger charge is -2.41. The molecule has 394 valence electrons. The Morgan fingerprint density at radius 3 is 1.68 bits per heavy atom. The van der Waals surface area contributed by atoms with E-state index in [0.29, 0.717) is 11.8 Å². The first kappa shape index (κ1) is 51.6. The lowest BCUT2D eigenvalue weighted by atomic mass is 9.33. The summed E-state index contributed by atoms with van der Waals surface area (Å²) in [5.41, 5.74) is 28.2. The van der Waals surface area contributed by atoms with Gasteiger partial charge < -0.3 is 9.47 Å². The van der Waals surface area contributed by atoms with Crippen molar-refractivity contribution in [2.45, 2.75) is 151 Å². The molecule has 0 saturated heterocycles. The van der Waals surface area contributed by atoms with Crippen LogP contribution in [0, 0.1) is 6.92 Å². The van der Waals surface area contributed by atoms with Gasteiger partial charge in [-0.1, -0.05) is 190 Å². The zero-order valence-corrected chi connectivity index (χ0v) is 49.9. The van der Waals surface area contributed by atoms with Gasteiger partial charge in [-0.25, -0.2) is 4.57 Å². The maximum atomic E-state index is 2.67. The van der Waals surface area contributed by atoms with Crippen LogP contribution in [-0.4, -0.2) is 15.8 Å². The van der Waals surface area contributed by atoms with E-state index in [1.165, 1.54) is 139 Å². The van der Waals surface area contributed by atoms with Crippen LogP contribution < -0.4 is 25.9 Å². The smallest absolute Gasteiger partial charge is 0.295 e. The van der Waals surface area contributed by atoms with Crippen LogP contribution in [0.4, 0.5) is 17.1 Å². The van der Waals surface area contributed by atoms with Gasteiger partial charge in [-0.15, -0.1) is 0 Å². The van der Waals surface area contributed by atoms with E-state index < -0.39 is 0 Å². The predicted octanol–water partition coefficient (Wildman–Crippen LogP) is 17.2. The van der Waals surface area contributed by atoms with Crippen molar-refractivity contribution in [3.63, 3.8) is 0 Å². The number of aryl methyl sites for hydroxylation is 2. The first-order valence-electron chi connectivity index (χ1n) is 28.8. The van der Waals surface area contributed by atoms with Crippen molar-refractivity contribution in [1.29, 1.82) is 0 Å². The first-order valence-corrected chi connectivity index (χ1v) is 28.8. The van der Waals surface area contributed by atoms with Crippen LogP contribution >= 0.6 is 0 Å². The summed E-state index contributed by atoms with van der Waals surface area (Å²) in [5.74, 6) is 1.85. The number of hydrogen-bond donors (Lipinski definition) is 0. The fourth-order valence-corrected chi connectivity index (χ4v) is 13.1. The lowest BCUT2D eigenvalue weighted by molar-refractivity contribution is -0.633. The Bertz CT molecular complexity index is 4060. The minimum absolute atomic E-state index is 0.00494. The van der Waals surface area contributed by atoms with Gasteiger partial charge >= 0.3 is 0 Å². The summed E-state index contributed by atoms with van der Waals surface area (Å²) in [5, 5.41) is 2.66. The molecule has 0 spiro atoms. The van der Waals surface area contributed by atoms with Crippen LogP contribution in [0.15, 0.2) is 146 Å². The second kappa shape index (κ2) is 17.7. The second-order valence-electron chi connectivity index (χ2n) is 27.9. The third kappa shape index (κ3) is 8.03. The molecule has 0 saturated carbocycles. The molecule has 0 unspecified atom stereocenters. The highest BCUT2D eigenvalue weighted by Gasteiger charge is 2.44. The topological polar surface area (TPSA) is 17.0 Å². The third-order valence-corrected chi connectivity index (χ3v) is 17.7. The summed E-state index contributed by atoms with van der Waals surface area (Å²) in [4.78, 5) is 2.61. The SMILES string of the molecule is Cc1ccc(-c2cc3c4c(c2)-n2c5ccc(C(C)(C)C)cc5c5cc(C(C)(C)C)cc(c52)B4c2cc(C(C)(C)C)ccc2N3c2ccc(C(C)(C)C)cc2)cc1-c1n(-c2c(C(C)C)cccc2C(C)C)c2ccccc2[n+]1C. The number of para-hydroxylation sites is 3. The van der Waals surface area contributed by atoms with Crippen LogP contribution in [0.2, 0.25) is 0 Å². The summed E-state index contributed by atoms with van der Waals surface area (Å²) < 4.78 is 7.70. The maximum absolute atomic E-state index is 2.67. The third-order valence-electron chi connectivity index (χ3n) is 17.7. The van der Waals surface area contributed by atoms with Crippen molar-refractivity contribution < 1.29 is 4.57 Å². The molecule has 2 aromatic heterocycles. The van der Waals surface area contributed by atoms with Gasteiger partial charge in [-0.3, -0.25) is 0 Å². The van der Waals surface area contributed by atoms with Gasteiger partial charge in [0.1, 0.15) is 5.69 Å². The molecule has 0 N–H and O–H groups in total. The molecule has 2 aliphatic heterocycles. The average molecular weight is 1020 g/mol. The van der Waals surface area contributed by atoms with Gasteiger partial charge in [-0.05, 0) is 162 Å². The molecule has 0 amide bonds. The number of anilines is 3. The molecule has 4 nitrogen and oxygen atoms in total. The highest BCUT2D eigenvalue weighted by molar-refractivity contribution is 7.00. The van der Waals surface area contributed by atoms with E-state index in [4.69, 9.17) is 0 Å². The number of nitrogens with zero attached hydrogens (tertiary/aromatic N) is 4. The van der Waals surface area contributed by atoms with Crippen LogP contribution in [0.5, 0.6) is 0 Å². The Balaban J connectivity index is 1.21. The van der Waals surface area contributed by atoms with Crippen LogP contribution in [0.1, 0.15) is 162 Å². The Kier molecular flexibility index (Phi) is 11.7. The Morgan fingerprint density at radius 2 is 1.04 bits per heavy atom. The number of benzene rings is 8. The first-order chi connectivity index (χ1) is 36.7. The van der Waals surface area contributed by atoms with Crippen molar-refractivity contribution in [2.75, 3.05) is 4.90 Å². The molecule has 10 aromatic rings. The maximum Gasteiger partial charge on any atom is 0.295 e. The second-order valence-corrected chi connectivity index (χ2v) is 27.9. The summed E-state index contributed by atoms with van der Waals surface area (Å²) in [6.45, 7) is 39.8. The van der Waals surface area contributed by atoms with Crippen LogP contribution in [-0.2, 0) is 28.7 Å². The summed E-state index contributed by atoms with van der Waals surface area (Å²) in [7, 11) is 2.26. The molecule has 4 heterocycles. The molecule has 0 aliphatic carbocycles. The normalized spacial score (nSPS) is 13.7. The van der Waals surface area contributed by atoms with Crippen LogP contribution in [0.3, 0.4) is 0 Å². The molecule has 0 bridgehead atoms. The molecule has 0 atom stereocenters. The van der Waals surface area contributed by atoms with E-state index in [1.807, 2.05) is 0 Å². The fourth-order valence-electron chi connectivity index (χ4n) is 13.1. The number of aromatic nitrogens is 3. The molecule has 5 heteroatoms. The van der Waals surface area contributed by atoms with E-state index in [2.05, 4.69) is 289 Å².